The lowest BCUT2D eigenvalue weighted by atomic mass is 9.80. The number of carboxylic acid groups (broad SMARTS) is 1. The van der Waals surface area contributed by atoms with Gasteiger partial charge in [-0.15, -0.1) is 0 Å². The number of carbonyl (C=O) groups excluding carboxylic acids is 1. The Morgan fingerprint density at radius 2 is 2.09 bits per heavy atom. The number of rotatable bonds is 6. The SMILES string of the molecule is Cc1cccc(OCC(=O)NCC2(C(=O)O)CCOCC2)c1. The predicted octanol–water partition coefficient (Wildman–Crippen LogP) is 1.37. The number of ether oxygens (including phenoxy) is 2. The van der Waals surface area contributed by atoms with Crippen LogP contribution in [-0.4, -0.2) is 43.3 Å². The molecule has 1 amide bonds. The van der Waals surface area contributed by atoms with Crippen LogP contribution in [0.25, 0.3) is 0 Å². The van der Waals surface area contributed by atoms with E-state index >= 15 is 0 Å². The lowest BCUT2D eigenvalue weighted by molar-refractivity contribution is -0.154. The summed E-state index contributed by atoms with van der Waals surface area (Å²) in [4.78, 5) is 23.3. The third-order valence-corrected chi connectivity index (χ3v) is 3.89. The number of hydrogen-bond donors (Lipinski definition) is 2. The molecule has 0 saturated carbocycles. The van der Waals surface area contributed by atoms with Crippen molar-refractivity contribution in [3.8, 4) is 5.75 Å². The quantitative estimate of drug-likeness (QED) is 0.829. The Labute approximate surface area is 129 Å². The van der Waals surface area contributed by atoms with Crippen LogP contribution in [0.5, 0.6) is 5.75 Å². The molecule has 0 aromatic heterocycles. The molecule has 0 spiro atoms. The van der Waals surface area contributed by atoms with Crippen molar-refractivity contribution in [3.63, 3.8) is 0 Å². The molecule has 0 bridgehead atoms. The van der Waals surface area contributed by atoms with Crippen molar-refractivity contribution in [2.75, 3.05) is 26.4 Å². The topological polar surface area (TPSA) is 84.9 Å². The molecule has 1 aromatic rings. The zero-order valence-corrected chi connectivity index (χ0v) is 12.6. The molecule has 1 aromatic carbocycles. The fourth-order valence-electron chi connectivity index (χ4n) is 2.40. The molecule has 1 saturated heterocycles. The van der Waals surface area contributed by atoms with Crippen LogP contribution < -0.4 is 10.1 Å². The molecule has 0 radical (unpaired) electrons. The highest BCUT2D eigenvalue weighted by atomic mass is 16.5. The molecule has 6 nitrogen and oxygen atoms in total. The van der Waals surface area contributed by atoms with Crippen LogP contribution >= 0.6 is 0 Å². The number of amides is 1. The summed E-state index contributed by atoms with van der Waals surface area (Å²) in [5.74, 6) is -0.599. The Hall–Kier alpha value is -2.08. The van der Waals surface area contributed by atoms with E-state index in [1.807, 2.05) is 25.1 Å². The van der Waals surface area contributed by atoms with E-state index in [-0.39, 0.29) is 19.1 Å². The maximum Gasteiger partial charge on any atom is 0.311 e. The zero-order chi connectivity index (χ0) is 16.0. The van der Waals surface area contributed by atoms with Gasteiger partial charge in [-0.2, -0.15) is 0 Å². The van der Waals surface area contributed by atoms with E-state index in [1.54, 1.807) is 6.07 Å². The average Bonchev–Trinajstić information content (AvgIpc) is 2.52. The highest BCUT2D eigenvalue weighted by Crippen LogP contribution is 2.30. The first-order valence-electron chi connectivity index (χ1n) is 7.29. The molecule has 1 fully saturated rings. The fraction of sp³-hybridized carbons (Fsp3) is 0.500. The van der Waals surface area contributed by atoms with Gasteiger partial charge in [0.05, 0.1) is 5.41 Å². The second kappa shape index (κ2) is 7.26. The molecule has 120 valence electrons. The van der Waals surface area contributed by atoms with E-state index in [1.165, 1.54) is 0 Å². The molecule has 0 unspecified atom stereocenters. The van der Waals surface area contributed by atoms with Crippen molar-refractivity contribution in [2.24, 2.45) is 5.41 Å². The second-order valence-electron chi connectivity index (χ2n) is 5.58. The van der Waals surface area contributed by atoms with Crippen LogP contribution in [0.15, 0.2) is 24.3 Å². The van der Waals surface area contributed by atoms with Gasteiger partial charge in [0.15, 0.2) is 6.61 Å². The molecule has 1 aliphatic rings. The summed E-state index contributed by atoms with van der Waals surface area (Å²) in [6, 6.07) is 7.40. The first kappa shape index (κ1) is 16.3. The normalized spacial score (nSPS) is 16.8. The zero-order valence-electron chi connectivity index (χ0n) is 12.6. The van der Waals surface area contributed by atoms with E-state index in [9.17, 15) is 14.7 Å². The summed E-state index contributed by atoms with van der Waals surface area (Å²) in [5.41, 5.74) is 0.113. The third-order valence-electron chi connectivity index (χ3n) is 3.89. The first-order chi connectivity index (χ1) is 10.5. The molecule has 6 heteroatoms. The van der Waals surface area contributed by atoms with Gasteiger partial charge in [0.25, 0.3) is 5.91 Å². The van der Waals surface area contributed by atoms with Crippen molar-refractivity contribution < 1.29 is 24.2 Å². The maximum atomic E-state index is 11.8. The van der Waals surface area contributed by atoms with Crippen molar-refractivity contribution in [1.29, 1.82) is 0 Å². The van der Waals surface area contributed by atoms with Crippen molar-refractivity contribution in [3.05, 3.63) is 29.8 Å². The monoisotopic (exact) mass is 307 g/mol. The van der Waals surface area contributed by atoms with Gasteiger partial charge in [-0.3, -0.25) is 9.59 Å². The molecule has 22 heavy (non-hydrogen) atoms. The molecular formula is C16H21NO5. The minimum absolute atomic E-state index is 0.0989. The summed E-state index contributed by atoms with van der Waals surface area (Å²) in [6.07, 6.45) is 0.808. The lowest BCUT2D eigenvalue weighted by Crippen LogP contribution is -2.47. The fourth-order valence-corrected chi connectivity index (χ4v) is 2.40. The van der Waals surface area contributed by atoms with Gasteiger partial charge < -0.3 is 19.9 Å². The largest absolute Gasteiger partial charge is 0.484 e. The first-order valence-corrected chi connectivity index (χ1v) is 7.29. The van der Waals surface area contributed by atoms with Gasteiger partial charge in [-0.1, -0.05) is 12.1 Å². The molecule has 0 atom stereocenters. The van der Waals surface area contributed by atoms with Crippen LogP contribution in [0.2, 0.25) is 0 Å². The van der Waals surface area contributed by atoms with E-state index in [4.69, 9.17) is 9.47 Å². The predicted molar refractivity (Wildman–Crippen MR) is 79.8 cm³/mol. The summed E-state index contributed by atoms with van der Waals surface area (Å²) >= 11 is 0. The van der Waals surface area contributed by atoms with Gasteiger partial charge in [0, 0.05) is 19.8 Å². The minimum atomic E-state index is -0.933. The van der Waals surface area contributed by atoms with E-state index in [2.05, 4.69) is 5.32 Å². The van der Waals surface area contributed by atoms with Crippen molar-refractivity contribution >= 4 is 11.9 Å². The number of carbonyl (C=O) groups is 2. The summed E-state index contributed by atoms with van der Waals surface area (Å²) in [5, 5.41) is 12.1. The summed E-state index contributed by atoms with van der Waals surface area (Å²) in [6.45, 7) is 2.72. The molecular weight excluding hydrogens is 286 g/mol. The maximum absolute atomic E-state index is 11.8. The molecule has 1 aliphatic heterocycles. The summed E-state index contributed by atoms with van der Waals surface area (Å²) < 4.78 is 10.6. The van der Waals surface area contributed by atoms with Crippen LogP contribution in [0.4, 0.5) is 0 Å². The Kier molecular flexibility index (Phi) is 5.38. The van der Waals surface area contributed by atoms with Crippen molar-refractivity contribution in [1.82, 2.24) is 5.32 Å². The highest BCUT2D eigenvalue weighted by molar-refractivity contribution is 5.80. The molecule has 0 aliphatic carbocycles. The van der Waals surface area contributed by atoms with E-state index in [0.717, 1.165) is 5.56 Å². The van der Waals surface area contributed by atoms with Gasteiger partial charge in [0.2, 0.25) is 0 Å². The number of benzene rings is 1. The van der Waals surface area contributed by atoms with Crippen LogP contribution in [0, 0.1) is 12.3 Å². The van der Waals surface area contributed by atoms with Crippen molar-refractivity contribution in [2.45, 2.75) is 19.8 Å². The molecule has 2 N–H and O–H groups in total. The molecule has 2 rings (SSSR count). The van der Waals surface area contributed by atoms with Gasteiger partial charge in [-0.25, -0.2) is 0 Å². The Balaban J connectivity index is 1.82. The Morgan fingerprint density at radius 3 is 2.73 bits per heavy atom. The van der Waals surface area contributed by atoms with Crippen LogP contribution in [0.1, 0.15) is 18.4 Å². The number of aryl methyl sites for hydroxylation is 1. The average molecular weight is 307 g/mol. The number of carboxylic acids is 1. The van der Waals surface area contributed by atoms with E-state index < -0.39 is 11.4 Å². The molecule has 1 heterocycles. The Morgan fingerprint density at radius 1 is 1.36 bits per heavy atom. The second-order valence-corrected chi connectivity index (χ2v) is 5.58. The lowest BCUT2D eigenvalue weighted by Gasteiger charge is -2.33. The third kappa shape index (κ3) is 4.21. The number of hydrogen-bond acceptors (Lipinski definition) is 4. The smallest absolute Gasteiger partial charge is 0.311 e. The van der Waals surface area contributed by atoms with E-state index in [0.29, 0.717) is 31.8 Å². The standard InChI is InChI=1S/C16H21NO5/c1-12-3-2-4-13(9-12)22-10-14(18)17-11-16(15(19)20)5-7-21-8-6-16/h2-4,9H,5-8,10-11H2,1H3,(H,17,18)(H,19,20). The van der Waals surface area contributed by atoms with Gasteiger partial charge >= 0.3 is 5.97 Å². The van der Waals surface area contributed by atoms with Gasteiger partial charge in [-0.05, 0) is 37.5 Å². The minimum Gasteiger partial charge on any atom is -0.484 e. The van der Waals surface area contributed by atoms with Crippen LogP contribution in [0.3, 0.4) is 0 Å². The number of aliphatic carboxylic acids is 1. The highest BCUT2D eigenvalue weighted by Gasteiger charge is 2.40. The number of nitrogens with one attached hydrogen (secondary N) is 1. The van der Waals surface area contributed by atoms with Crippen LogP contribution in [-0.2, 0) is 14.3 Å². The Bertz CT molecular complexity index is 537. The summed E-state index contributed by atoms with van der Waals surface area (Å²) in [7, 11) is 0. The van der Waals surface area contributed by atoms with Gasteiger partial charge in [0.1, 0.15) is 5.75 Å².